The van der Waals surface area contributed by atoms with E-state index in [4.69, 9.17) is 16.3 Å². The Morgan fingerprint density at radius 2 is 2.04 bits per heavy atom. The summed E-state index contributed by atoms with van der Waals surface area (Å²) in [4.78, 5) is 4.54. The van der Waals surface area contributed by atoms with E-state index in [9.17, 15) is 10.4 Å². The highest BCUT2D eigenvalue weighted by Gasteiger charge is 2.10. The lowest BCUT2D eigenvalue weighted by atomic mass is 10.1. The molecule has 0 saturated carbocycles. The second-order valence-corrected chi connectivity index (χ2v) is 6.44. The number of rotatable bonds is 4. The Morgan fingerprint density at radius 3 is 2.72 bits per heavy atom. The van der Waals surface area contributed by atoms with Crippen LogP contribution in [0.1, 0.15) is 10.6 Å². The first-order valence-electron chi connectivity index (χ1n) is 7.31. The highest BCUT2D eigenvalue weighted by Crippen LogP contribution is 2.30. The van der Waals surface area contributed by atoms with Crippen LogP contribution in [0, 0.1) is 11.3 Å². The van der Waals surface area contributed by atoms with E-state index in [1.165, 1.54) is 24.5 Å². The zero-order valence-electron chi connectivity index (χ0n) is 13.2. The van der Waals surface area contributed by atoms with Crippen molar-refractivity contribution in [1.29, 1.82) is 5.26 Å². The summed E-state index contributed by atoms with van der Waals surface area (Å²) in [6.07, 6.45) is 1.71. The quantitative estimate of drug-likeness (QED) is 0.639. The van der Waals surface area contributed by atoms with Crippen LogP contribution in [0.4, 0.5) is 0 Å². The van der Waals surface area contributed by atoms with E-state index < -0.39 is 0 Å². The molecule has 1 N–H and O–H groups in total. The summed E-state index contributed by atoms with van der Waals surface area (Å²) < 4.78 is 5.09. The minimum absolute atomic E-state index is 0.0532. The summed E-state index contributed by atoms with van der Waals surface area (Å²) in [6, 6.07) is 14.5. The van der Waals surface area contributed by atoms with Crippen molar-refractivity contribution in [3.63, 3.8) is 0 Å². The molecule has 0 fully saturated rings. The smallest absolute Gasteiger partial charge is 0.161 e. The van der Waals surface area contributed by atoms with E-state index >= 15 is 0 Å². The van der Waals surface area contributed by atoms with Gasteiger partial charge in [-0.15, -0.1) is 11.3 Å². The van der Waals surface area contributed by atoms with E-state index in [1.54, 1.807) is 30.3 Å². The molecule has 1 heterocycles. The minimum Gasteiger partial charge on any atom is -0.504 e. The number of phenols is 1. The van der Waals surface area contributed by atoms with Crippen LogP contribution in [-0.4, -0.2) is 17.2 Å². The van der Waals surface area contributed by atoms with Gasteiger partial charge in [-0.2, -0.15) is 5.26 Å². The van der Waals surface area contributed by atoms with Crippen LogP contribution in [0.2, 0.25) is 5.02 Å². The molecule has 6 heteroatoms. The first kappa shape index (κ1) is 17.0. The van der Waals surface area contributed by atoms with Crippen LogP contribution in [0.5, 0.6) is 11.5 Å². The molecule has 0 aliphatic carbocycles. The number of hydrogen-bond acceptors (Lipinski definition) is 5. The topological polar surface area (TPSA) is 66.1 Å². The SMILES string of the molecule is COc1cc(/C=C(\C#N)c2nc(-c3ccc(Cl)cc3)cs2)ccc1O. The molecular weight excluding hydrogens is 356 g/mol. The number of nitriles is 1. The van der Waals surface area contributed by atoms with Crippen molar-refractivity contribution < 1.29 is 9.84 Å². The molecular formula is C19H13ClN2O2S. The predicted molar refractivity (Wildman–Crippen MR) is 101 cm³/mol. The van der Waals surface area contributed by atoms with Crippen molar-refractivity contribution in [3.05, 3.63) is 63.4 Å². The van der Waals surface area contributed by atoms with Gasteiger partial charge in [0.1, 0.15) is 11.1 Å². The number of nitrogens with zero attached hydrogens (tertiary/aromatic N) is 2. The lowest BCUT2D eigenvalue weighted by Crippen LogP contribution is -1.86. The number of halogens is 1. The van der Waals surface area contributed by atoms with Crippen molar-refractivity contribution in [2.24, 2.45) is 0 Å². The fraction of sp³-hybridized carbons (Fsp3) is 0.0526. The molecule has 0 unspecified atom stereocenters. The van der Waals surface area contributed by atoms with E-state index in [2.05, 4.69) is 11.1 Å². The van der Waals surface area contributed by atoms with Crippen LogP contribution >= 0.6 is 22.9 Å². The Hall–Kier alpha value is -2.81. The highest BCUT2D eigenvalue weighted by molar-refractivity contribution is 7.11. The van der Waals surface area contributed by atoms with E-state index in [1.807, 2.05) is 17.5 Å². The van der Waals surface area contributed by atoms with Crippen molar-refractivity contribution >= 4 is 34.6 Å². The van der Waals surface area contributed by atoms with Crippen molar-refractivity contribution in [2.45, 2.75) is 0 Å². The molecule has 0 bridgehead atoms. The molecule has 0 saturated heterocycles. The number of methoxy groups -OCH3 is 1. The molecule has 4 nitrogen and oxygen atoms in total. The normalized spacial score (nSPS) is 11.2. The second kappa shape index (κ2) is 7.39. The summed E-state index contributed by atoms with van der Waals surface area (Å²) in [6.45, 7) is 0. The number of allylic oxidation sites excluding steroid dienone is 1. The third-order valence-electron chi connectivity index (χ3n) is 3.51. The molecule has 2 aromatic carbocycles. The average Bonchev–Trinajstić information content (AvgIpc) is 3.11. The number of ether oxygens (including phenoxy) is 1. The highest BCUT2D eigenvalue weighted by atomic mass is 35.5. The third kappa shape index (κ3) is 3.82. The van der Waals surface area contributed by atoms with E-state index in [0.29, 0.717) is 21.4 Å². The lowest BCUT2D eigenvalue weighted by Gasteiger charge is -2.04. The molecule has 25 heavy (non-hydrogen) atoms. The summed E-state index contributed by atoms with van der Waals surface area (Å²) in [5.41, 5.74) is 2.92. The first-order chi connectivity index (χ1) is 12.1. The third-order valence-corrected chi connectivity index (χ3v) is 4.64. The van der Waals surface area contributed by atoms with Gasteiger partial charge >= 0.3 is 0 Å². The van der Waals surface area contributed by atoms with Gasteiger partial charge in [0, 0.05) is 16.0 Å². The van der Waals surface area contributed by atoms with E-state index in [0.717, 1.165) is 16.8 Å². The fourth-order valence-corrected chi connectivity index (χ4v) is 3.16. The lowest BCUT2D eigenvalue weighted by molar-refractivity contribution is 0.373. The van der Waals surface area contributed by atoms with Crippen molar-refractivity contribution in [3.8, 4) is 28.8 Å². The van der Waals surface area contributed by atoms with E-state index in [-0.39, 0.29) is 5.75 Å². The molecule has 0 amide bonds. The van der Waals surface area contributed by atoms with Crippen molar-refractivity contribution in [2.75, 3.05) is 7.11 Å². The molecule has 1 aromatic heterocycles. The summed E-state index contributed by atoms with van der Waals surface area (Å²) in [5.74, 6) is 0.407. The maximum absolute atomic E-state index is 9.66. The molecule has 3 rings (SSSR count). The maximum atomic E-state index is 9.66. The van der Waals surface area contributed by atoms with Gasteiger partial charge in [0.05, 0.1) is 18.4 Å². The Bertz CT molecular complexity index is 972. The standard InChI is InChI=1S/C19H13ClN2O2S/c1-24-18-9-12(2-7-17(18)23)8-14(10-21)19-22-16(11-25-19)13-3-5-15(20)6-4-13/h2-9,11,23H,1H3/b14-8+. The summed E-state index contributed by atoms with van der Waals surface area (Å²) in [7, 11) is 1.48. The summed E-state index contributed by atoms with van der Waals surface area (Å²) in [5, 5.41) is 22.3. The molecule has 0 radical (unpaired) electrons. The fourth-order valence-electron chi connectivity index (χ4n) is 2.24. The van der Waals surface area contributed by atoms with Gasteiger partial charge in [-0.3, -0.25) is 0 Å². The summed E-state index contributed by atoms with van der Waals surface area (Å²) >= 11 is 7.30. The van der Waals surface area contributed by atoms with Gasteiger partial charge in [0.25, 0.3) is 0 Å². The van der Waals surface area contributed by atoms with Crippen LogP contribution in [0.3, 0.4) is 0 Å². The molecule has 3 aromatic rings. The van der Waals surface area contributed by atoms with Gasteiger partial charge in [-0.25, -0.2) is 4.98 Å². The Labute approximate surface area is 154 Å². The second-order valence-electron chi connectivity index (χ2n) is 5.15. The van der Waals surface area contributed by atoms with Crippen LogP contribution in [-0.2, 0) is 0 Å². The average molecular weight is 369 g/mol. The van der Waals surface area contributed by atoms with Crippen molar-refractivity contribution in [1.82, 2.24) is 4.98 Å². The monoisotopic (exact) mass is 368 g/mol. The van der Waals surface area contributed by atoms with Gasteiger partial charge in [-0.05, 0) is 35.9 Å². The zero-order valence-corrected chi connectivity index (χ0v) is 14.8. The molecule has 0 aliphatic heterocycles. The first-order valence-corrected chi connectivity index (χ1v) is 8.57. The number of aromatic hydroxyl groups is 1. The van der Waals surface area contributed by atoms with Crippen LogP contribution in [0.15, 0.2) is 47.8 Å². The number of benzene rings is 2. The number of thiazole rings is 1. The Balaban J connectivity index is 1.94. The molecule has 124 valence electrons. The van der Waals surface area contributed by atoms with Gasteiger partial charge in [0.2, 0.25) is 0 Å². The number of phenolic OH excluding ortho intramolecular Hbond substituents is 1. The Kier molecular flexibility index (Phi) is 5.03. The zero-order chi connectivity index (χ0) is 17.8. The predicted octanol–water partition coefficient (Wildman–Crippen LogP) is 5.24. The van der Waals surface area contributed by atoms with Gasteiger partial charge < -0.3 is 9.84 Å². The number of hydrogen-bond donors (Lipinski definition) is 1. The van der Waals surface area contributed by atoms with Gasteiger partial charge in [-0.1, -0.05) is 29.8 Å². The molecule has 0 spiro atoms. The maximum Gasteiger partial charge on any atom is 0.161 e. The Morgan fingerprint density at radius 1 is 1.28 bits per heavy atom. The van der Waals surface area contributed by atoms with Crippen LogP contribution in [0.25, 0.3) is 22.9 Å². The van der Waals surface area contributed by atoms with Gasteiger partial charge in [0.15, 0.2) is 11.5 Å². The minimum atomic E-state index is 0.0532. The molecule has 0 atom stereocenters. The number of aromatic nitrogens is 1. The largest absolute Gasteiger partial charge is 0.504 e. The molecule has 0 aliphatic rings. The van der Waals surface area contributed by atoms with Crippen LogP contribution < -0.4 is 4.74 Å².